The van der Waals surface area contributed by atoms with Crippen LogP contribution in [0.1, 0.15) is 0 Å². The molecule has 0 spiro atoms. The van der Waals surface area contributed by atoms with Crippen molar-refractivity contribution in [2.75, 3.05) is 16.8 Å². The molecule has 0 saturated carbocycles. The summed E-state index contributed by atoms with van der Waals surface area (Å²) in [4.78, 5) is 28.2. The lowest BCUT2D eigenvalue weighted by atomic mass is 10.2. The number of carbonyl (C=O) groups excluding carboxylic acids is 2. The fourth-order valence-corrected chi connectivity index (χ4v) is 3.59. The van der Waals surface area contributed by atoms with E-state index in [1.54, 1.807) is 36.4 Å². The SMILES string of the molecule is NC(=O)CSc1ccccc1NC(=O)CSc1n[nH]c(-c2ccccc2F)n1. The van der Waals surface area contributed by atoms with Crippen LogP contribution in [0.5, 0.6) is 0 Å². The summed E-state index contributed by atoms with van der Waals surface area (Å²) in [5.41, 5.74) is 6.08. The largest absolute Gasteiger partial charge is 0.369 e. The highest BCUT2D eigenvalue weighted by Crippen LogP contribution is 2.27. The quantitative estimate of drug-likeness (QED) is 0.486. The van der Waals surface area contributed by atoms with Gasteiger partial charge in [0.1, 0.15) is 5.82 Å². The van der Waals surface area contributed by atoms with Crippen LogP contribution in [0.15, 0.2) is 58.6 Å². The van der Waals surface area contributed by atoms with Crippen molar-refractivity contribution in [2.24, 2.45) is 5.73 Å². The van der Waals surface area contributed by atoms with Gasteiger partial charge in [-0.3, -0.25) is 14.7 Å². The number of halogens is 1. The number of hydrogen-bond donors (Lipinski definition) is 3. The van der Waals surface area contributed by atoms with E-state index in [9.17, 15) is 14.0 Å². The molecule has 0 bridgehead atoms. The molecule has 10 heteroatoms. The molecular formula is C18H16FN5O2S2. The molecule has 4 N–H and O–H groups in total. The van der Waals surface area contributed by atoms with Crippen molar-refractivity contribution in [3.05, 3.63) is 54.3 Å². The molecule has 0 unspecified atom stereocenters. The van der Waals surface area contributed by atoms with Crippen molar-refractivity contribution in [3.63, 3.8) is 0 Å². The van der Waals surface area contributed by atoms with Crippen molar-refractivity contribution in [1.82, 2.24) is 15.2 Å². The molecule has 0 saturated heterocycles. The smallest absolute Gasteiger partial charge is 0.234 e. The second-order valence-corrected chi connectivity index (χ2v) is 7.49. The van der Waals surface area contributed by atoms with Gasteiger partial charge in [-0.2, -0.15) is 0 Å². The zero-order valence-electron chi connectivity index (χ0n) is 14.5. The van der Waals surface area contributed by atoms with Gasteiger partial charge in [-0.1, -0.05) is 36.0 Å². The summed E-state index contributed by atoms with van der Waals surface area (Å²) in [6.07, 6.45) is 0. The molecule has 0 aliphatic rings. The van der Waals surface area contributed by atoms with Crippen LogP contribution in [-0.4, -0.2) is 38.5 Å². The minimum Gasteiger partial charge on any atom is -0.369 e. The molecule has 0 atom stereocenters. The maximum atomic E-state index is 13.8. The summed E-state index contributed by atoms with van der Waals surface area (Å²) in [5.74, 6) is -0.598. The molecular weight excluding hydrogens is 401 g/mol. The molecule has 7 nitrogen and oxygen atoms in total. The molecule has 1 heterocycles. The number of hydrogen-bond acceptors (Lipinski definition) is 6. The Kier molecular flexibility index (Phi) is 6.66. The molecule has 2 amide bonds. The van der Waals surface area contributed by atoms with Crippen LogP contribution in [-0.2, 0) is 9.59 Å². The summed E-state index contributed by atoms with van der Waals surface area (Å²) in [7, 11) is 0. The molecule has 3 aromatic rings. The van der Waals surface area contributed by atoms with E-state index in [4.69, 9.17) is 5.73 Å². The number of thioether (sulfide) groups is 2. The van der Waals surface area contributed by atoms with Gasteiger partial charge >= 0.3 is 0 Å². The first-order valence-electron chi connectivity index (χ1n) is 8.13. The molecule has 28 heavy (non-hydrogen) atoms. The Labute approximate surface area is 168 Å². The zero-order valence-corrected chi connectivity index (χ0v) is 16.1. The van der Waals surface area contributed by atoms with Crippen molar-refractivity contribution in [2.45, 2.75) is 10.1 Å². The highest BCUT2D eigenvalue weighted by atomic mass is 32.2. The third-order valence-electron chi connectivity index (χ3n) is 3.46. The number of nitrogens with one attached hydrogen (secondary N) is 2. The average molecular weight is 417 g/mol. The second kappa shape index (κ2) is 9.38. The predicted molar refractivity (Wildman–Crippen MR) is 107 cm³/mol. The summed E-state index contributed by atoms with van der Waals surface area (Å²) >= 11 is 2.38. The van der Waals surface area contributed by atoms with Crippen molar-refractivity contribution < 1.29 is 14.0 Å². The summed E-state index contributed by atoms with van der Waals surface area (Å²) in [6, 6.07) is 13.4. The van der Waals surface area contributed by atoms with Crippen LogP contribution in [0.3, 0.4) is 0 Å². The minimum absolute atomic E-state index is 0.0728. The number of benzene rings is 2. The Morgan fingerprint density at radius 3 is 2.61 bits per heavy atom. The number of aromatic nitrogens is 3. The van der Waals surface area contributed by atoms with Crippen LogP contribution < -0.4 is 11.1 Å². The van der Waals surface area contributed by atoms with E-state index >= 15 is 0 Å². The molecule has 0 fully saturated rings. The third kappa shape index (κ3) is 5.33. The standard InChI is InChI=1S/C18H16FN5O2S2/c19-12-6-2-1-5-11(12)17-22-18(24-23-17)28-10-16(26)21-13-7-3-4-8-14(13)27-9-15(20)25/h1-8H,9-10H2,(H2,20,25)(H,21,26)(H,22,23,24). The van der Waals surface area contributed by atoms with E-state index in [-0.39, 0.29) is 17.4 Å². The van der Waals surface area contributed by atoms with Gasteiger partial charge in [-0.15, -0.1) is 16.9 Å². The Morgan fingerprint density at radius 1 is 1.07 bits per heavy atom. The molecule has 0 radical (unpaired) electrons. The van der Waals surface area contributed by atoms with E-state index in [0.717, 1.165) is 16.7 Å². The van der Waals surface area contributed by atoms with Gasteiger partial charge in [0.2, 0.25) is 17.0 Å². The number of primary amides is 1. The summed E-state index contributed by atoms with van der Waals surface area (Å²) < 4.78 is 13.8. The van der Waals surface area contributed by atoms with E-state index in [2.05, 4.69) is 20.5 Å². The van der Waals surface area contributed by atoms with E-state index < -0.39 is 11.7 Å². The van der Waals surface area contributed by atoms with Crippen LogP contribution in [0, 0.1) is 5.82 Å². The number of rotatable bonds is 8. The maximum absolute atomic E-state index is 13.8. The average Bonchev–Trinajstić information content (AvgIpc) is 3.15. The number of nitrogens with zero attached hydrogens (tertiary/aromatic N) is 2. The van der Waals surface area contributed by atoms with Gasteiger partial charge in [0.15, 0.2) is 5.82 Å². The first-order valence-corrected chi connectivity index (χ1v) is 10.1. The molecule has 0 aliphatic carbocycles. The van der Waals surface area contributed by atoms with Gasteiger partial charge in [-0.25, -0.2) is 9.37 Å². The molecule has 144 valence electrons. The lowest BCUT2D eigenvalue weighted by molar-refractivity contribution is -0.115. The van der Waals surface area contributed by atoms with Crippen LogP contribution in [0.25, 0.3) is 11.4 Å². The fraction of sp³-hybridized carbons (Fsp3) is 0.111. The Balaban J connectivity index is 1.58. The minimum atomic E-state index is -0.433. The zero-order chi connectivity index (χ0) is 19.9. The lowest BCUT2D eigenvalue weighted by Gasteiger charge is -2.09. The molecule has 3 rings (SSSR count). The van der Waals surface area contributed by atoms with Crippen molar-refractivity contribution in [1.29, 1.82) is 0 Å². The fourth-order valence-electron chi connectivity index (χ4n) is 2.25. The van der Waals surface area contributed by atoms with Crippen LogP contribution in [0.2, 0.25) is 0 Å². The van der Waals surface area contributed by atoms with E-state index in [1.807, 2.05) is 6.07 Å². The summed E-state index contributed by atoms with van der Waals surface area (Å²) in [5, 5.41) is 9.81. The number of aromatic amines is 1. The predicted octanol–water partition coefficient (Wildman–Crippen LogP) is 2.92. The number of nitrogens with two attached hydrogens (primary N) is 1. The van der Waals surface area contributed by atoms with E-state index in [0.29, 0.717) is 22.2 Å². The highest BCUT2D eigenvalue weighted by molar-refractivity contribution is 8.00. The number of amides is 2. The molecule has 2 aromatic carbocycles. The Morgan fingerprint density at radius 2 is 1.82 bits per heavy atom. The van der Waals surface area contributed by atoms with Crippen molar-refractivity contribution in [3.8, 4) is 11.4 Å². The second-order valence-electron chi connectivity index (χ2n) is 5.53. The number of H-pyrrole nitrogens is 1. The normalized spacial score (nSPS) is 10.6. The Hall–Kier alpha value is -2.85. The van der Waals surface area contributed by atoms with Crippen molar-refractivity contribution >= 4 is 41.0 Å². The number of para-hydroxylation sites is 1. The first-order chi connectivity index (χ1) is 13.5. The Bertz CT molecular complexity index is 995. The van der Waals surface area contributed by atoms with Crippen LogP contribution in [0.4, 0.5) is 10.1 Å². The monoisotopic (exact) mass is 417 g/mol. The van der Waals surface area contributed by atoms with Gasteiger partial charge in [-0.05, 0) is 24.3 Å². The third-order valence-corrected chi connectivity index (χ3v) is 5.40. The first kappa shape index (κ1) is 19.9. The highest BCUT2D eigenvalue weighted by Gasteiger charge is 2.13. The number of carbonyl (C=O) groups is 2. The van der Waals surface area contributed by atoms with Gasteiger partial charge < -0.3 is 11.1 Å². The number of anilines is 1. The van der Waals surface area contributed by atoms with Crippen LogP contribution >= 0.6 is 23.5 Å². The molecule has 0 aliphatic heterocycles. The topological polar surface area (TPSA) is 114 Å². The maximum Gasteiger partial charge on any atom is 0.234 e. The molecule has 1 aromatic heterocycles. The van der Waals surface area contributed by atoms with E-state index in [1.165, 1.54) is 17.8 Å². The summed E-state index contributed by atoms with van der Waals surface area (Å²) in [6.45, 7) is 0. The lowest BCUT2D eigenvalue weighted by Crippen LogP contribution is -2.16. The van der Waals surface area contributed by atoms with Gasteiger partial charge in [0.25, 0.3) is 0 Å². The van der Waals surface area contributed by atoms with Gasteiger partial charge in [0.05, 0.1) is 22.8 Å². The van der Waals surface area contributed by atoms with Gasteiger partial charge in [0, 0.05) is 4.90 Å².